The average molecular weight is 395 g/mol. The number of benzene rings is 1. The van der Waals surface area contributed by atoms with Gasteiger partial charge in [-0.05, 0) is 46.6 Å². The Hall–Kier alpha value is -1.38. The highest BCUT2D eigenvalue weighted by Crippen LogP contribution is 2.27. The fourth-order valence-electron chi connectivity index (χ4n) is 1.62. The summed E-state index contributed by atoms with van der Waals surface area (Å²) in [6, 6.07) is 3.70. The summed E-state index contributed by atoms with van der Waals surface area (Å²) in [5, 5.41) is -0.00594. The number of nitrogens with zero attached hydrogens (tertiary/aromatic N) is 1. The zero-order valence-electron chi connectivity index (χ0n) is 10.7. The van der Waals surface area contributed by atoms with Crippen LogP contribution in [0.1, 0.15) is 5.56 Å². The lowest BCUT2D eigenvalue weighted by Gasteiger charge is -2.11. The van der Waals surface area contributed by atoms with E-state index in [1.54, 1.807) is 0 Å². The van der Waals surface area contributed by atoms with Crippen molar-refractivity contribution < 1.29 is 12.8 Å². The van der Waals surface area contributed by atoms with Crippen molar-refractivity contribution in [2.24, 2.45) is 0 Å². The highest BCUT2D eigenvalue weighted by molar-refractivity contribution is 9.10. The lowest BCUT2D eigenvalue weighted by atomic mass is 10.2. The van der Waals surface area contributed by atoms with Crippen molar-refractivity contribution in [3.05, 3.63) is 45.4 Å². The van der Waals surface area contributed by atoms with Crippen LogP contribution in [0.2, 0.25) is 5.15 Å². The summed E-state index contributed by atoms with van der Waals surface area (Å²) in [5.41, 5.74) is 5.45. The van der Waals surface area contributed by atoms with E-state index in [9.17, 15) is 12.8 Å². The van der Waals surface area contributed by atoms with Gasteiger partial charge in [0.05, 0.1) is 16.3 Å². The first-order valence-corrected chi connectivity index (χ1v) is 8.25. The zero-order chi connectivity index (χ0) is 15.8. The number of nitrogen functional groups attached to an aromatic ring is 1. The Morgan fingerprint density at radius 1 is 1.38 bits per heavy atom. The molecule has 0 atom stereocenters. The fourth-order valence-corrected chi connectivity index (χ4v) is 3.33. The summed E-state index contributed by atoms with van der Waals surface area (Å²) >= 11 is 9.00. The summed E-state index contributed by atoms with van der Waals surface area (Å²) in [4.78, 5) is 3.66. The second-order valence-electron chi connectivity index (χ2n) is 4.24. The number of sulfonamides is 1. The SMILES string of the molecule is Cc1cc(S(=O)(=O)Nc2cc(Br)cnc2Cl)cc(N)c1F. The van der Waals surface area contributed by atoms with Crippen LogP contribution in [-0.2, 0) is 10.0 Å². The topological polar surface area (TPSA) is 85.1 Å². The Balaban J connectivity index is 2.46. The Bertz CT molecular complexity index is 791. The number of hydrogen-bond acceptors (Lipinski definition) is 4. The number of hydrogen-bond donors (Lipinski definition) is 2. The Kier molecular flexibility index (Phi) is 4.40. The second kappa shape index (κ2) is 5.78. The van der Waals surface area contributed by atoms with Crippen LogP contribution in [0.5, 0.6) is 0 Å². The van der Waals surface area contributed by atoms with E-state index in [4.69, 9.17) is 17.3 Å². The molecule has 112 valence electrons. The van der Waals surface area contributed by atoms with Gasteiger partial charge in [-0.1, -0.05) is 11.6 Å². The van der Waals surface area contributed by atoms with Crippen molar-refractivity contribution in [1.29, 1.82) is 0 Å². The van der Waals surface area contributed by atoms with Crippen molar-refractivity contribution in [1.82, 2.24) is 4.98 Å². The van der Waals surface area contributed by atoms with Gasteiger partial charge in [-0.15, -0.1) is 0 Å². The Morgan fingerprint density at radius 2 is 2.05 bits per heavy atom. The van der Waals surface area contributed by atoms with E-state index in [0.29, 0.717) is 4.47 Å². The number of aromatic nitrogens is 1. The molecule has 5 nitrogen and oxygen atoms in total. The third-order valence-corrected chi connectivity index (χ3v) is 4.70. The van der Waals surface area contributed by atoms with Gasteiger partial charge >= 0.3 is 0 Å². The molecular formula is C12H10BrClFN3O2S. The molecule has 1 heterocycles. The number of pyridine rings is 1. The Morgan fingerprint density at radius 3 is 2.67 bits per heavy atom. The molecule has 0 bridgehead atoms. The maximum atomic E-state index is 13.5. The van der Waals surface area contributed by atoms with Gasteiger partial charge in [0.25, 0.3) is 10.0 Å². The van der Waals surface area contributed by atoms with Crippen LogP contribution in [0.3, 0.4) is 0 Å². The van der Waals surface area contributed by atoms with Crippen LogP contribution in [0.25, 0.3) is 0 Å². The van der Waals surface area contributed by atoms with Crippen molar-refractivity contribution in [3.63, 3.8) is 0 Å². The van der Waals surface area contributed by atoms with Crippen LogP contribution >= 0.6 is 27.5 Å². The predicted octanol–water partition coefficient (Wildman–Crippen LogP) is 3.33. The molecule has 0 radical (unpaired) electrons. The quantitative estimate of drug-likeness (QED) is 0.618. The third-order valence-electron chi connectivity index (χ3n) is 2.62. The van der Waals surface area contributed by atoms with E-state index in [-0.39, 0.29) is 27.0 Å². The molecule has 9 heteroatoms. The molecule has 1 aromatic heterocycles. The molecule has 0 aliphatic rings. The minimum absolute atomic E-state index is 0.00594. The molecule has 2 aromatic rings. The van der Waals surface area contributed by atoms with Gasteiger partial charge in [0, 0.05) is 10.7 Å². The summed E-state index contributed by atoms with van der Waals surface area (Å²) < 4.78 is 40.9. The minimum Gasteiger partial charge on any atom is -0.396 e. The van der Waals surface area contributed by atoms with Crippen LogP contribution < -0.4 is 10.5 Å². The minimum atomic E-state index is -3.96. The highest BCUT2D eigenvalue weighted by atomic mass is 79.9. The first kappa shape index (κ1) is 16.0. The molecule has 0 spiro atoms. The van der Waals surface area contributed by atoms with Crippen molar-refractivity contribution in [3.8, 4) is 0 Å². The highest BCUT2D eigenvalue weighted by Gasteiger charge is 2.19. The number of rotatable bonds is 3. The maximum Gasteiger partial charge on any atom is 0.262 e. The van der Waals surface area contributed by atoms with Gasteiger partial charge in [0.2, 0.25) is 0 Å². The molecule has 0 amide bonds. The predicted molar refractivity (Wildman–Crippen MR) is 83.3 cm³/mol. The van der Waals surface area contributed by atoms with Gasteiger partial charge in [-0.25, -0.2) is 17.8 Å². The van der Waals surface area contributed by atoms with Crippen molar-refractivity contribution in [2.75, 3.05) is 10.5 Å². The van der Waals surface area contributed by atoms with E-state index in [1.165, 1.54) is 25.3 Å². The summed E-state index contributed by atoms with van der Waals surface area (Å²) in [7, 11) is -3.96. The number of nitrogens with one attached hydrogen (secondary N) is 1. The molecule has 3 N–H and O–H groups in total. The number of anilines is 2. The number of nitrogens with two attached hydrogens (primary N) is 1. The lowest BCUT2D eigenvalue weighted by molar-refractivity contribution is 0.599. The van der Waals surface area contributed by atoms with Gasteiger partial charge < -0.3 is 5.73 Å². The molecule has 0 fully saturated rings. The molecule has 21 heavy (non-hydrogen) atoms. The standard InChI is InChI=1S/C12H10BrClFN3O2S/c1-6-2-8(4-9(16)11(6)15)21(19,20)18-10-3-7(13)5-17-12(10)14/h2-5,18H,16H2,1H3. The third kappa shape index (κ3) is 3.45. The van der Waals surface area contributed by atoms with Gasteiger partial charge in [-0.3, -0.25) is 4.72 Å². The first-order valence-electron chi connectivity index (χ1n) is 5.60. The summed E-state index contributed by atoms with van der Waals surface area (Å²) in [6.07, 6.45) is 1.43. The second-order valence-corrected chi connectivity index (χ2v) is 7.20. The normalized spacial score (nSPS) is 11.4. The van der Waals surface area contributed by atoms with Crippen molar-refractivity contribution in [2.45, 2.75) is 11.8 Å². The van der Waals surface area contributed by atoms with E-state index in [0.717, 1.165) is 6.07 Å². The van der Waals surface area contributed by atoms with Crippen LogP contribution in [0, 0.1) is 12.7 Å². The van der Waals surface area contributed by atoms with E-state index >= 15 is 0 Å². The van der Waals surface area contributed by atoms with Crippen molar-refractivity contribution >= 4 is 48.9 Å². The average Bonchev–Trinajstić information content (AvgIpc) is 2.39. The monoisotopic (exact) mass is 393 g/mol. The fraction of sp³-hybridized carbons (Fsp3) is 0.0833. The van der Waals surface area contributed by atoms with Gasteiger partial charge in [-0.2, -0.15) is 0 Å². The summed E-state index contributed by atoms with van der Waals surface area (Å²) in [5.74, 6) is -0.642. The largest absolute Gasteiger partial charge is 0.396 e. The van der Waals surface area contributed by atoms with E-state index in [1.807, 2.05) is 0 Å². The van der Waals surface area contributed by atoms with Gasteiger partial charge in [0.1, 0.15) is 5.82 Å². The molecule has 0 aliphatic heterocycles. The van der Waals surface area contributed by atoms with Gasteiger partial charge in [0.15, 0.2) is 5.15 Å². The molecule has 0 unspecified atom stereocenters. The number of aryl methyl sites for hydroxylation is 1. The lowest BCUT2D eigenvalue weighted by Crippen LogP contribution is -2.14. The van der Waals surface area contributed by atoms with E-state index < -0.39 is 15.8 Å². The molecule has 0 saturated heterocycles. The van der Waals surface area contributed by atoms with Crippen LogP contribution in [-0.4, -0.2) is 13.4 Å². The molecule has 0 saturated carbocycles. The Labute approximate surface area is 134 Å². The molecule has 2 rings (SSSR count). The molecule has 0 aliphatic carbocycles. The molecular weight excluding hydrogens is 385 g/mol. The van der Waals surface area contributed by atoms with Crippen LogP contribution in [0.15, 0.2) is 33.8 Å². The summed E-state index contributed by atoms with van der Waals surface area (Å²) in [6.45, 7) is 1.43. The first-order chi connectivity index (χ1) is 9.70. The smallest absolute Gasteiger partial charge is 0.262 e. The molecule has 1 aromatic carbocycles. The maximum absolute atomic E-state index is 13.5. The van der Waals surface area contributed by atoms with Crippen LogP contribution in [0.4, 0.5) is 15.8 Å². The van der Waals surface area contributed by atoms with E-state index in [2.05, 4.69) is 25.6 Å². The zero-order valence-corrected chi connectivity index (χ0v) is 13.9. The number of halogens is 3.